The zero-order valence-electron chi connectivity index (χ0n) is 32.5. The summed E-state index contributed by atoms with van der Waals surface area (Å²) in [6.45, 7) is 2.25. The highest BCUT2D eigenvalue weighted by Gasteiger charge is 2.35. The van der Waals surface area contributed by atoms with Crippen LogP contribution in [-0.2, 0) is 21.2 Å². The van der Waals surface area contributed by atoms with Crippen LogP contribution in [0.25, 0.3) is 11.1 Å². The lowest BCUT2D eigenvalue weighted by molar-refractivity contribution is -0.384. The number of nitro groups is 1. The van der Waals surface area contributed by atoms with E-state index in [0.717, 1.165) is 55.5 Å². The molecule has 11 nitrogen and oxygen atoms in total. The summed E-state index contributed by atoms with van der Waals surface area (Å²) in [7, 11) is 1.26. The van der Waals surface area contributed by atoms with Crippen LogP contribution in [0.3, 0.4) is 0 Å². The molecule has 1 heterocycles. The number of ether oxygens (including phenoxy) is 1. The first kappa shape index (κ1) is 41.4. The lowest BCUT2D eigenvalue weighted by atomic mass is 9.84. The number of anilines is 2. The van der Waals surface area contributed by atoms with Crippen LogP contribution in [0.4, 0.5) is 17.1 Å². The molecule has 1 unspecified atom stereocenters. The van der Waals surface area contributed by atoms with Crippen molar-refractivity contribution >= 4 is 44.8 Å². The molecule has 298 valence electrons. The molecule has 0 saturated carbocycles. The Bertz CT molecular complexity index is 2210. The van der Waals surface area contributed by atoms with E-state index in [1.807, 2.05) is 67.5 Å². The van der Waals surface area contributed by atoms with Crippen LogP contribution < -0.4 is 14.9 Å². The van der Waals surface area contributed by atoms with Crippen LogP contribution in [-0.4, -0.2) is 82.4 Å². The Morgan fingerprint density at radius 1 is 0.895 bits per heavy atom. The number of benzene rings is 5. The molecule has 0 spiro atoms. The van der Waals surface area contributed by atoms with Gasteiger partial charge in [-0.25, -0.2) is 13.1 Å². The summed E-state index contributed by atoms with van der Waals surface area (Å²) < 4.78 is 35.0. The monoisotopic (exact) mass is 807 g/mol. The first-order valence-corrected chi connectivity index (χ1v) is 21.4. The molecule has 5 aromatic rings. The number of hydrogen-bond donors (Lipinski definition) is 2. The molecule has 0 bridgehead atoms. The zero-order chi connectivity index (χ0) is 40.4. The molecule has 57 heavy (non-hydrogen) atoms. The Balaban J connectivity index is 1.06. The number of sulfonamides is 1. The number of carbonyl (C=O) groups is 1. The van der Waals surface area contributed by atoms with Crippen molar-refractivity contribution in [1.82, 2.24) is 9.62 Å². The number of thioether (sulfide) groups is 1. The summed E-state index contributed by atoms with van der Waals surface area (Å²) in [6, 6.07) is 39.1. The molecule has 1 fully saturated rings. The first-order chi connectivity index (χ1) is 27.4. The largest absolute Gasteiger partial charge is 0.378 e. The number of carbonyl (C=O) groups excluding carboxylic acids is 1. The first-order valence-electron chi connectivity index (χ1n) is 18.9. The summed E-state index contributed by atoms with van der Waals surface area (Å²) in [4.78, 5) is 29.7. The van der Waals surface area contributed by atoms with Crippen molar-refractivity contribution in [3.8, 4) is 11.1 Å². The summed E-state index contributed by atoms with van der Waals surface area (Å²) in [5.41, 5.74) is 4.16. The highest BCUT2D eigenvalue weighted by Crippen LogP contribution is 2.34. The van der Waals surface area contributed by atoms with E-state index in [2.05, 4.69) is 51.3 Å². The molecule has 1 atom stereocenters. The zero-order valence-corrected chi connectivity index (χ0v) is 34.1. The van der Waals surface area contributed by atoms with Gasteiger partial charge in [0.25, 0.3) is 21.6 Å². The van der Waals surface area contributed by atoms with Crippen molar-refractivity contribution < 1.29 is 22.9 Å². The second kappa shape index (κ2) is 18.8. The predicted molar refractivity (Wildman–Crippen MR) is 229 cm³/mol. The molecule has 0 aliphatic carbocycles. The number of methoxy groups -OCH3 is 1. The van der Waals surface area contributed by atoms with Crippen LogP contribution >= 0.6 is 11.8 Å². The maximum Gasteiger partial charge on any atom is 0.293 e. The van der Waals surface area contributed by atoms with Gasteiger partial charge in [-0.05, 0) is 105 Å². The molecule has 1 amide bonds. The molecule has 0 radical (unpaired) electrons. The van der Waals surface area contributed by atoms with Crippen molar-refractivity contribution in [2.75, 3.05) is 56.8 Å². The van der Waals surface area contributed by atoms with Gasteiger partial charge >= 0.3 is 0 Å². The van der Waals surface area contributed by atoms with Gasteiger partial charge in [-0.2, -0.15) is 0 Å². The van der Waals surface area contributed by atoms with E-state index in [0.29, 0.717) is 12.2 Å². The van der Waals surface area contributed by atoms with Crippen molar-refractivity contribution in [1.29, 1.82) is 0 Å². The number of nitrogens with zero attached hydrogens (tertiary/aromatic N) is 3. The molecule has 0 aromatic heterocycles. The van der Waals surface area contributed by atoms with Crippen LogP contribution in [0.5, 0.6) is 0 Å². The fraction of sp³-hybridized carbons (Fsp3) is 0.295. The molecule has 6 rings (SSSR count). The Hall–Kier alpha value is -5.21. The molecule has 5 aromatic carbocycles. The minimum atomic E-state index is -4.43. The molecule has 2 N–H and O–H groups in total. The quantitative estimate of drug-likeness (QED) is 0.0539. The highest BCUT2D eigenvalue weighted by molar-refractivity contribution is 7.99. The Morgan fingerprint density at radius 2 is 1.53 bits per heavy atom. The fourth-order valence-electron chi connectivity index (χ4n) is 7.00. The van der Waals surface area contributed by atoms with E-state index >= 15 is 0 Å². The van der Waals surface area contributed by atoms with E-state index in [4.69, 9.17) is 4.74 Å². The molecular weight excluding hydrogens is 759 g/mol. The van der Waals surface area contributed by atoms with Gasteiger partial charge in [-0.3, -0.25) is 14.9 Å². The number of amides is 1. The maximum absolute atomic E-state index is 13.4. The maximum atomic E-state index is 13.4. The number of rotatable bonds is 17. The van der Waals surface area contributed by atoms with E-state index in [1.165, 1.54) is 28.8 Å². The Morgan fingerprint density at radius 3 is 2.14 bits per heavy atom. The second-order valence-electron chi connectivity index (χ2n) is 14.6. The number of piperidine rings is 1. The third kappa shape index (κ3) is 11.0. The van der Waals surface area contributed by atoms with E-state index in [1.54, 1.807) is 43.1 Å². The lowest BCUT2D eigenvalue weighted by Crippen LogP contribution is -2.47. The normalized spacial score (nSPS) is 14.6. The SMILES string of the molecule is COC1(Cc2ccc(-c3ccccc3)cc2)CCN(c2ccc(C(=O)NS(=O)(=O)c3ccc(NC(CCN(C)C)CSc4ccccc4)c([N+](=O)[O-])c3)cc2)CC1. The topological polar surface area (TPSA) is 134 Å². The van der Waals surface area contributed by atoms with E-state index in [9.17, 15) is 23.3 Å². The van der Waals surface area contributed by atoms with Gasteiger partial charge in [0, 0.05) is 60.6 Å². The van der Waals surface area contributed by atoms with Crippen LogP contribution in [0.15, 0.2) is 137 Å². The summed E-state index contributed by atoms with van der Waals surface area (Å²) >= 11 is 1.63. The van der Waals surface area contributed by atoms with Crippen molar-refractivity contribution in [2.24, 2.45) is 0 Å². The standard InChI is InChI=1S/C44H49N5O6S2/c1-47(2)27-24-37(32-56-39-12-8-5-9-13-39)45-41-23-22-40(30-42(41)49(51)52)57(53,54)46-43(50)36-18-20-38(21-19-36)48-28-25-44(55-3,26-29-48)31-33-14-16-35(17-15-33)34-10-6-4-7-11-34/h4-23,30,37,45H,24-29,31-32H2,1-3H3,(H,46,50). The molecule has 1 aliphatic rings. The minimum absolute atomic E-state index is 0.141. The van der Waals surface area contributed by atoms with Crippen LogP contribution in [0.2, 0.25) is 0 Å². The smallest absolute Gasteiger partial charge is 0.293 e. The fourth-order valence-corrected chi connectivity index (χ4v) is 8.99. The summed E-state index contributed by atoms with van der Waals surface area (Å²) in [5, 5.41) is 15.5. The van der Waals surface area contributed by atoms with Crippen molar-refractivity contribution in [3.05, 3.63) is 149 Å². The predicted octanol–water partition coefficient (Wildman–Crippen LogP) is 8.13. The van der Waals surface area contributed by atoms with E-state index < -0.39 is 26.5 Å². The van der Waals surface area contributed by atoms with Gasteiger partial charge in [0.15, 0.2) is 0 Å². The van der Waals surface area contributed by atoms with Crippen LogP contribution in [0.1, 0.15) is 35.2 Å². The molecule has 13 heteroatoms. The Kier molecular flexibility index (Phi) is 13.7. The lowest BCUT2D eigenvalue weighted by Gasteiger charge is -2.42. The van der Waals surface area contributed by atoms with Gasteiger partial charge in [0.05, 0.1) is 15.4 Å². The van der Waals surface area contributed by atoms with Crippen molar-refractivity contribution in [2.45, 2.75) is 47.1 Å². The van der Waals surface area contributed by atoms with Gasteiger partial charge < -0.3 is 19.9 Å². The third-order valence-electron chi connectivity index (χ3n) is 10.4. The van der Waals surface area contributed by atoms with Gasteiger partial charge in [-0.1, -0.05) is 72.8 Å². The molecular formula is C44H49N5O6S2. The average Bonchev–Trinajstić information content (AvgIpc) is 3.23. The number of hydrogen-bond acceptors (Lipinski definition) is 10. The summed E-state index contributed by atoms with van der Waals surface area (Å²) in [6.07, 6.45) is 3.13. The number of nitro benzene ring substituents is 1. The highest BCUT2D eigenvalue weighted by atomic mass is 32.2. The van der Waals surface area contributed by atoms with Gasteiger partial charge in [-0.15, -0.1) is 11.8 Å². The van der Waals surface area contributed by atoms with Crippen molar-refractivity contribution in [3.63, 3.8) is 0 Å². The van der Waals surface area contributed by atoms with E-state index in [-0.39, 0.29) is 27.8 Å². The Labute approximate surface area is 339 Å². The average molecular weight is 808 g/mol. The molecule has 1 saturated heterocycles. The number of nitrogens with one attached hydrogen (secondary N) is 2. The second-order valence-corrected chi connectivity index (χ2v) is 17.4. The molecule has 1 aliphatic heterocycles. The third-order valence-corrected chi connectivity index (χ3v) is 12.9. The van der Waals surface area contributed by atoms with Crippen LogP contribution in [0, 0.1) is 10.1 Å². The minimum Gasteiger partial charge on any atom is -0.378 e. The van der Waals surface area contributed by atoms with Gasteiger partial charge in [0.1, 0.15) is 5.69 Å². The summed E-state index contributed by atoms with van der Waals surface area (Å²) in [5.74, 6) is -0.191. The van der Waals surface area contributed by atoms with Gasteiger partial charge in [0.2, 0.25) is 0 Å².